The zero-order valence-corrected chi connectivity index (χ0v) is 12.7. The van der Waals surface area contributed by atoms with E-state index in [1.165, 1.54) is 6.07 Å². The lowest BCUT2D eigenvalue weighted by atomic mass is 10.0. The first kappa shape index (κ1) is 13.4. The van der Waals surface area contributed by atoms with Crippen LogP contribution in [0.1, 0.15) is 21.5 Å². The summed E-state index contributed by atoms with van der Waals surface area (Å²) in [6.45, 7) is 1.83. The molecule has 0 aromatic heterocycles. The maximum absolute atomic E-state index is 13.7. The fraction of sp³-hybridized carbons (Fsp3) is 0.0714. The van der Waals surface area contributed by atoms with Gasteiger partial charge in [0.05, 0.1) is 5.56 Å². The summed E-state index contributed by atoms with van der Waals surface area (Å²) in [6, 6.07) is 9.76. The highest BCUT2D eigenvalue weighted by Gasteiger charge is 2.17. The molecule has 92 valence electrons. The number of carbonyl (C=O) groups is 1. The molecule has 0 aliphatic rings. The molecule has 0 radical (unpaired) electrons. The standard InChI is InChI=1S/C14H9Br2FO/c1-8-2-5-13(17)11(6-8)14(18)10-7-9(15)3-4-12(10)16/h2-7H,1H3. The Bertz CT molecular complexity index is 570. The molecule has 2 rings (SSSR count). The fourth-order valence-electron chi connectivity index (χ4n) is 1.63. The van der Waals surface area contributed by atoms with E-state index >= 15 is 0 Å². The third kappa shape index (κ3) is 2.70. The average Bonchev–Trinajstić information content (AvgIpc) is 2.34. The summed E-state index contributed by atoms with van der Waals surface area (Å²) in [5, 5.41) is 0. The predicted molar refractivity (Wildman–Crippen MR) is 76.4 cm³/mol. The molecule has 0 spiro atoms. The van der Waals surface area contributed by atoms with Crippen LogP contribution in [0.2, 0.25) is 0 Å². The Balaban J connectivity index is 2.54. The number of hydrogen-bond acceptors (Lipinski definition) is 1. The Labute approximate surface area is 121 Å². The third-order valence-corrected chi connectivity index (χ3v) is 3.72. The number of carbonyl (C=O) groups excluding carboxylic acids is 1. The first-order chi connectivity index (χ1) is 8.49. The van der Waals surface area contributed by atoms with Crippen LogP contribution in [0.3, 0.4) is 0 Å². The van der Waals surface area contributed by atoms with Crippen molar-refractivity contribution in [1.29, 1.82) is 0 Å². The van der Waals surface area contributed by atoms with E-state index in [2.05, 4.69) is 31.9 Å². The van der Waals surface area contributed by atoms with Crippen molar-refractivity contribution in [3.05, 3.63) is 67.9 Å². The van der Waals surface area contributed by atoms with E-state index in [0.29, 0.717) is 10.0 Å². The molecule has 0 saturated carbocycles. The molecule has 18 heavy (non-hydrogen) atoms. The van der Waals surface area contributed by atoms with E-state index in [1.54, 1.807) is 24.3 Å². The van der Waals surface area contributed by atoms with Crippen LogP contribution in [0.5, 0.6) is 0 Å². The minimum absolute atomic E-state index is 0.0915. The highest BCUT2D eigenvalue weighted by molar-refractivity contribution is 9.11. The van der Waals surface area contributed by atoms with Crippen molar-refractivity contribution >= 4 is 37.6 Å². The monoisotopic (exact) mass is 370 g/mol. The minimum atomic E-state index is -0.502. The summed E-state index contributed by atoms with van der Waals surface area (Å²) in [5.74, 6) is -0.832. The first-order valence-corrected chi connectivity index (χ1v) is 6.83. The summed E-state index contributed by atoms with van der Waals surface area (Å²) < 4.78 is 15.1. The molecule has 0 amide bonds. The molecule has 0 aliphatic carbocycles. The Morgan fingerprint density at radius 2 is 1.78 bits per heavy atom. The first-order valence-electron chi connectivity index (χ1n) is 5.25. The highest BCUT2D eigenvalue weighted by Crippen LogP contribution is 2.25. The zero-order valence-electron chi connectivity index (χ0n) is 9.51. The molecule has 0 heterocycles. The van der Waals surface area contributed by atoms with Crippen molar-refractivity contribution in [2.24, 2.45) is 0 Å². The number of rotatable bonds is 2. The highest BCUT2D eigenvalue weighted by atomic mass is 79.9. The lowest BCUT2D eigenvalue weighted by Gasteiger charge is -2.06. The molecule has 0 bridgehead atoms. The van der Waals surface area contributed by atoms with Gasteiger partial charge in [-0.15, -0.1) is 0 Å². The van der Waals surface area contributed by atoms with Gasteiger partial charge in [0.25, 0.3) is 0 Å². The van der Waals surface area contributed by atoms with Crippen molar-refractivity contribution in [1.82, 2.24) is 0 Å². The van der Waals surface area contributed by atoms with Gasteiger partial charge in [-0.3, -0.25) is 4.79 Å². The molecule has 0 fully saturated rings. The second kappa shape index (κ2) is 5.33. The number of halogens is 3. The van der Waals surface area contributed by atoms with Gasteiger partial charge in [-0.2, -0.15) is 0 Å². The van der Waals surface area contributed by atoms with Crippen LogP contribution in [0.15, 0.2) is 45.3 Å². The van der Waals surface area contributed by atoms with Crippen molar-refractivity contribution < 1.29 is 9.18 Å². The van der Waals surface area contributed by atoms with E-state index in [1.807, 2.05) is 13.0 Å². The summed E-state index contributed by atoms with van der Waals surface area (Å²) in [7, 11) is 0. The lowest BCUT2D eigenvalue weighted by Crippen LogP contribution is -2.05. The number of ketones is 1. The number of benzene rings is 2. The summed E-state index contributed by atoms with van der Waals surface area (Å²) >= 11 is 6.61. The largest absolute Gasteiger partial charge is 0.288 e. The Kier molecular flexibility index (Phi) is 3.97. The third-order valence-electron chi connectivity index (χ3n) is 2.54. The van der Waals surface area contributed by atoms with Crippen molar-refractivity contribution in [2.45, 2.75) is 6.92 Å². The molecule has 0 aliphatic heterocycles. The molecule has 0 atom stereocenters. The minimum Gasteiger partial charge on any atom is -0.288 e. The zero-order chi connectivity index (χ0) is 13.3. The molecule has 4 heteroatoms. The lowest BCUT2D eigenvalue weighted by molar-refractivity contribution is 0.103. The summed E-state index contributed by atoms with van der Waals surface area (Å²) in [5.41, 5.74) is 1.38. The Morgan fingerprint density at radius 1 is 1.06 bits per heavy atom. The smallest absolute Gasteiger partial charge is 0.197 e. The molecule has 0 saturated heterocycles. The van der Waals surface area contributed by atoms with Gasteiger partial charge in [0.1, 0.15) is 5.82 Å². The van der Waals surface area contributed by atoms with Gasteiger partial charge in [0.2, 0.25) is 0 Å². The van der Waals surface area contributed by atoms with Gasteiger partial charge in [0.15, 0.2) is 5.78 Å². The van der Waals surface area contributed by atoms with Crippen LogP contribution in [-0.4, -0.2) is 5.78 Å². The van der Waals surface area contributed by atoms with Gasteiger partial charge >= 0.3 is 0 Å². The van der Waals surface area contributed by atoms with Crippen LogP contribution >= 0.6 is 31.9 Å². The van der Waals surface area contributed by atoms with Gasteiger partial charge in [0, 0.05) is 14.5 Å². The van der Waals surface area contributed by atoms with Gasteiger partial charge in [-0.1, -0.05) is 43.5 Å². The van der Waals surface area contributed by atoms with Crippen molar-refractivity contribution in [3.63, 3.8) is 0 Å². The SMILES string of the molecule is Cc1ccc(F)c(C(=O)c2cc(Br)ccc2Br)c1. The van der Waals surface area contributed by atoms with E-state index in [4.69, 9.17) is 0 Å². The van der Waals surface area contributed by atoms with E-state index < -0.39 is 5.82 Å². The molecule has 1 nitrogen and oxygen atoms in total. The van der Waals surface area contributed by atoms with Gasteiger partial charge in [-0.05, 0) is 37.3 Å². The molecular formula is C14H9Br2FO. The Hall–Kier alpha value is -1.000. The van der Waals surface area contributed by atoms with Crippen LogP contribution in [0.4, 0.5) is 4.39 Å². The van der Waals surface area contributed by atoms with Crippen LogP contribution in [0.25, 0.3) is 0 Å². The summed E-state index contributed by atoms with van der Waals surface area (Å²) in [4.78, 5) is 12.3. The average molecular weight is 372 g/mol. The van der Waals surface area contributed by atoms with Crippen LogP contribution in [-0.2, 0) is 0 Å². The second-order valence-electron chi connectivity index (χ2n) is 3.94. The van der Waals surface area contributed by atoms with Crippen molar-refractivity contribution in [3.8, 4) is 0 Å². The number of hydrogen-bond donors (Lipinski definition) is 0. The normalized spacial score (nSPS) is 10.4. The summed E-state index contributed by atoms with van der Waals surface area (Å²) in [6.07, 6.45) is 0. The van der Waals surface area contributed by atoms with E-state index in [0.717, 1.165) is 10.0 Å². The van der Waals surface area contributed by atoms with Crippen LogP contribution in [0, 0.1) is 12.7 Å². The molecule has 0 unspecified atom stereocenters. The topological polar surface area (TPSA) is 17.1 Å². The number of aryl methyl sites for hydroxylation is 1. The van der Waals surface area contributed by atoms with Gasteiger partial charge < -0.3 is 0 Å². The molecule has 2 aromatic rings. The Morgan fingerprint density at radius 3 is 2.50 bits per heavy atom. The maximum Gasteiger partial charge on any atom is 0.197 e. The van der Waals surface area contributed by atoms with E-state index in [9.17, 15) is 9.18 Å². The van der Waals surface area contributed by atoms with Crippen LogP contribution < -0.4 is 0 Å². The molecule has 0 N–H and O–H groups in total. The van der Waals surface area contributed by atoms with Crippen molar-refractivity contribution in [2.75, 3.05) is 0 Å². The maximum atomic E-state index is 13.7. The van der Waals surface area contributed by atoms with Gasteiger partial charge in [-0.25, -0.2) is 4.39 Å². The predicted octanol–water partition coefficient (Wildman–Crippen LogP) is 4.89. The fourth-order valence-corrected chi connectivity index (χ4v) is 2.42. The quantitative estimate of drug-likeness (QED) is 0.687. The molecular weight excluding hydrogens is 363 g/mol. The molecule has 2 aromatic carbocycles. The van der Waals surface area contributed by atoms with E-state index in [-0.39, 0.29) is 11.3 Å². The second-order valence-corrected chi connectivity index (χ2v) is 5.71.